The highest BCUT2D eigenvalue weighted by Gasteiger charge is 2.16. The molecule has 20 heavy (non-hydrogen) atoms. The Morgan fingerprint density at radius 3 is 2.20 bits per heavy atom. The molecule has 0 saturated heterocycles. The molecule has 0 radical (unpaired) electrons. The van der Waals surface area contributed by atoms with E-state index in [-0.39, 0.29) is 12.5 Å². The number of nitrogens with zero attached hydrogens (tertiary/aromatic N) is 1. The zero-order valence-electron chi connectivity index (χ0n) is 12.9. The van der Waals surface area contributed by atoms with Gasteiger partial charge in [0.25, 0.3) is 0 Å². The predicted molar refractivity (Wildman–Crippen MR) is 81.4 cm³/mol. The summed E-state index contributed by atoms with van der Waals surface area (Å²) < 4.78 is 0. The number of nitrogens with one attached hydrogen (secondary N) is 1. The van der Waals surface area contributed by atoms with Gasteiger partial charge in [0.2, 0.25) is 5.91 Å². The fourth-order valence-electron chi connectivity index (χ4n) is 2.24. The maximum atomic E-state index is 11.9. The molecule has 0 saturated carbocycles. The van der Waals surface area contributed by atoms with E-state index in [9.17, 15) is 4.79 Å². The van der Waals surface area contributed by atoms with Crippen molar-refractivity contribution in [3.05, 3.63) is 35.4 Å². The van der Waals surface area contributed by atoms with Crippen molar-refractivity contribution < 1.29 is 9.90 Å². The van der Waals surface area contributed by atoms with E-state index >= 15 is 0 Å². The maximum absolute atomic E-state index is 11.9. The van der Waals surface area contributed by atoms with Crippen LogP contribution in [-0.2, 0) is 17.8 Å². The van der Waals surface area contributed by atoms with E-state index < -0.39 is 0 Å². The van der Waals surface area contributed by atoms with Crippen molar-refractivity contribution in [3.8, 4) is 0 Å². The van der Waals surface area contributed by atoms with Crippen LogP contribution in [0.3, 0.4) is 0 Å². The molecule has 0 aliphatic carbocycles. The highest BCUT2D eigenvalue weighted by molar-refractivity contribution is 5.78. The van der Waals surface area contributed by atoms with Crippen LogP contribution in [-0.4, -0.2) is 42.6 Å². The van der Waals surface area contributed by atoms with Gasteiger partial charge in [0.15, 0.2) is 0 Å². The third kappa shape index (κ3) is 5.31. The first-order valence-electron chi connectivity index (χ1n) is 7.05. The van der Waals surface area contributed by atoms with Gasteiger partial charge >= 0.3 is 0 Å². The van der Waals surface area contributed by atoms with E-state index in [0.29, 0.717) is 24.9 Å². The van der Waals surface area contributed by atoms with Crippen LogP contribution >= 0.6 is 0 Å². The lowest BCUT2D eigenvalue weighted by Gasteiger charge is -2.28. The van der Waals surface area contributed by atoms with Gasteiger partial charge in [0.1, 0.15) is 0 Å². The second kappa shape index (κ2) is 8.02. The first-order valence-corrected chi connectivity index (χ1v) is 7.05. The first-order chi connectivity index (χ1) is 9.43. The summed E-state index contributed by atoms with van der Waals surface area (Å²) in [5.41, 5.74) is 1.83. The zero-order valence-corrected chi connectivity index (χ0v) is 12.9. The fourth-order valence-corrected chi connectivity index (χ4v) is 2.24. The molecule has 1 atom stereocenters. The standard InChI is InChI=1S/C16H26N2O2/c1-12(2)15(18(3)4)10-17-16(20)9-13-5-7-14(11-19)8-6-13/h5-8,12,15,19H,9-11H2,1-4H3,(H,17,20)/t15-/m1/s1. The molecule has 0 aliphatic heterocycles. The second-order valence-corrected chi connectivity index (χ2v) is 5.73. The highest BCUT2D eigenvalue weighted by atomic mass is 16.3. The minimum absolute atomic E-state index is 0.0331. The van der Waals surface area contributed by atoms with Gasteiger partial charge < -0.3 is 15.3 Å². The molecule has 0 unspecified atom stereocenters. The van der Waals surface area contributed by atoms with Crippen LogP contribution in [0.1, 0.15) is 25.0 Å². The summed E-state index contributed by atoms with van der Waals surface area (Å²) in [4.78, 5) is 14.1. The van der Waals surface area contributed by atoms with Gasteiger partial charge in [-0.15, -0.1) is 0 Å². The van der Waals surface area contributed by atoms with Crippen LogP contribution in [0.15, 0.2) is 24.3 Å². The lowest BCUT2D eigenvalue weighted by atomic mass is 10.0. The van der Waals surface area contributed by atoms with E-state index in [1.54, 1.807) is 0 Å². The second-order valence-electron chi connectivity index (χ2n) is 5.73. The fraction of sp³-hybridized carbons (Fsp3) is 0.562. The van der Waals surface area contributed by atoms with Crippen molar-refractivity contribution in [3.63, 3.8) is 0 Å². The molecule has 0 spiro atoms. The molecule has 0 fully saturated rings. The number of carbonyl (C=O) groups excluding carboxylic acids is 1. The maximum Gasteiger partial charge on any atom is 0.224 e. The van der Waals surface area contributed by atoms with Gasteiger partial charge in [-0.05, 0) is 31.1 Å². The quantitative estimate of drug-likeness (QED) is 0.793. The van der Waals surface area contributed by atoms with Gasteiger partial charge in [-0.3, -0.25) is 4.79 Å². The SMILES string of the molecule is CC(C)[C@@H](CNC(=O)Cc1ccc(CO)cc1)N(C)C. The Labute approximate surface area is 121 Å². The Kier molecular flexibility index (Phi) is 6.68. The summed E-state index contributed by atoms with van der Waals surface area (Å²) in [6.45, 7) is 5.01. The third-order valence-electron chi connectivity index (χ3n) is 3.51. The molecule has 0 heterocycles. The zero-order chi connectivity index (χ0) is 15.1. The van der Waals surface area contributed by atoms with Gasteiger partial charge in [0.05, 0.1) is 13.0 Å². The minimum atomic E-state index is 0.0331. The largest absolute Gasteiger partial charge is 0.392 e. The summed E-state index contributed by atoms with van der Waals surface area (Å²) in [5, 5.41) is 12.0. The summed E-state index contributed by atoms with van der Waals surface area (Å²) in [7, 11) is 4.06. The van der Waals surface area contributed by atoms with E-state index in [0.717, 1.165) is 11.1 Å². The lowest BCUT2D eigenvalue weighted by Crippen LogP contribution is -2.43. The summed E-state index contributed by atoms with van der Waals surface area (Å²) in [6.07, 6.45) is 0.379. The number of carbonyl (C=O) groups is 1. The molecular formula is C16H26N2O2. The van der Waals surface area contributed by atoms with E-state index in [4.69, 9.17) is 5.11 Å². The monoisotopic (exact) mass is 278 g/mol. The minimum Gasteiger partial charge on any atom is -0.392 e. The molecule has 4 nitrogen and oxygen atoms in total. The predicted octanol–water partition coefficient (Wildman–Crippen LogP) is 1.42. The molecule has 0 aromatic heterocycles. The Morgan fingerprint density at radius 2 is 1.75 bits per heavy atom. The van der Waals surface area contributed by atoms with Crippen molar-refractivity contribution in [1.29, 1.82) is 0 Å². The number of amides is 1. The number of hydrogen-bond donors (Lipinski definition) is 2. The van der Waals surface area contributed by atoms with Crippen molar-refractivity contribution in [1.82, 2.24) is 10.2 Å². The van der Waals surface area contributed by atoms with Gasteiger partial charge in [-0.25, -0.2) is 0 Å². The average Bonchev–Trinajstić information content (AvgIpc) is 2.39. The Bertz CT molecular complexity index is 405. The number of likely N-dealkylation sites (N-methyl/N-ethyl adjacent to an activating group) is 1. The van der Waals surface area contributed by atoms with Crippen LogP contribution in [0.25, 0.3) is 0 Å². The van der Waals surface area contributed by atoms with Crippen LogP contribution in [0.4, 0.5) is 0 Å². The topological polar surface area (TPSA) is 52.6 Å². The van der Waals surface area contributed by atoms with Crippen LogP contribution < -0.4 is 5.32 Å². The summed E-state index contributed by atoms with van der Waals surface area (Å²) in [6, 6.07) is 7.81. The number of benzene rings is 1. The van der Waals surface area contributed by atoms with Crippen molar-refractivity contribution in [2.45, 2.75) is 32.9 Å². The Balaban J connectivity index is 2.46. The molecule has 0 aliphatic rings. The number of aliphatic hydroxyl groups is 1. The molecule has 1 aromatic rings. The van der Waals surface area contributed by atoms with E-state index in [1.807, 2.05) is 38.4 Å². The number of hydrogen-bond acceptors (Lipinski definition) is 3. The number of aliphatic hydroxyl groups excluding tert-OH is 1. The van der Waals surface area contributed by atoms with Crippen molar-refractivity contribution in [2.75, 3.05) is 20.6 Å². The van der Waals surface area contributed by atoms with E-state index in [1.165, 1.54) is 0 Å². The lowest BCUT2D eigenvalue weighted by molar-refractivity contribution is -0.120. The summed E-state index contributed by atoms with van der Waals surface area (Å²) >= 11 is 0. The summed E-state index contributed by atoms with van der Waals surface area (Å²) in [5.74, 6) is 0.531. The molecule has 2 N–H and O–H groups in total. The molecular weight excluding hydrogens is 252 g/mol. The molecule has 112 valence electrons. The molecule has 1 amide bonds. The smallest absolute Gasteiger partial charge is 0.224 e. The Hall–Kier alpha value is -1.39. The average molecular weight is 278 g/mol. The van der Waals surface area contributed by atoms with Crippen LogP contribution in [0, 0.1) is 5.92 Å². The normalized spacial score (nSPS) is 12.8. The highest BCUT2D eigenvalue weighted by Crippen LogP contribution is 2.07. The Morgan fingerprint density at radius 1 is 1.20 bits per heavy atom. The van der Waals surface area contributed by atoms with Crippen LogP contribution in [0.5, 0.6) is 0 Å². The van der Waals surface area contributed by atoms with Gasteiger partial charge in [-0.2, -0.15) is 0 Å². The molecule has 0 bridgehead atoms. The van der Waals surface area contributed by atoms with Gasteiger partial charge in [-0.1, -0.05) is 38.1 Å². The molecule has 1 aromatic carbocycles. The molecule has 1 rings (SSSR count). The molecule has 4 heteroatoms. The van der Waals surface area contributed by atoms with Crippen molar-refractivity contribution >= 4 is 5.91 Å². The van der Waals surface area contributed by atoms with Crippen molar-refractivity contribution in [2.24, 2.45) is 5.92 Å². The first kappa shape index (κ1) is 16.7. The van der Waals surface area contributed by atoms with Crippen LogP contribution in [0.2, 0.25) is 0 Å². The third-order valence-corrected chi connectivity index (χ3v) is 3.51. The number of rotatable bonds is 7. The van der Waals surface area contributed by atoms with E-state index in [2.05, 4.69) is 24.1 Å². The van der Waals surface area contributed by atoms with Gasteiger partial charge in [0, 0.05) is 12.6 Å².